The molecule has 5 heteroatoms. The summed E-state index contributed by atoms with van der Waals surface area (Å²) in [6.45, 7) is 4.55. The number of hydrogen-bond donors (Lipinski definition) is 1. The van der Waals surface area contributed by atoms with E-state index in [1.54, 1.807) is 24.0 Å². The van der Waals surface area contributed by atoms with Crippen LogP contribution in [-0.4, -0.2) is 27.8 Å². The van der Waals surface area contributed by atoms with Crippen molar-refractivity contribution in [2.75, 3.05) is 0 Å². The molecule has 1 aromatic heterocycles. The van der Waals surface area contributed by atoms with Crippen molar-refractivity contribution in [2.45, 2.75) is 45.4 Å². The molecular formula is C11H17N3O2. The van der Waals surface area contributed by atoms with Crippen molar-refractivity contribution >= 4 is 5.91 Å². The van der Waals surface area contributed by atoms with Crippen molar-refractivity contribution in [3.63, 3.8) is 0 Å². The first-order valence-electron chi connectivity index (χ1n) is 5.68. The lowest BCUT2D eigenvalue weighted by molar-refractivity contribution is -0.127. The van der Waals surface area contributed by atoms with Crippen molar-refractivity contribution in [3.05, 3.63) is 12.4 Å². The topological polar surface area (TPSA) is 56.1 Å². The van der Waals surface area contributed by atoms with Gasteiger partial charge in [0, 0.05) is 12.6 Å². The second-order valence-electron chi connectivity index (χ2n) is 4.07. The highest BCUT2D eigenvalue weighted by Gasteiger charge is 2.26. The van der Waals surface area contributed by atoms with Gasteiger partial charge >= 0.3 is 0 Å². The van der Waals surface area contributed by atoms with E-state index in [1.165, 1.54) is 0 Å². The molecule has 0 spiro atoms. The minimum absolute atomic E-state index is 0.0493. The van der Waals surface area contributed by atoms with Crippen molar-refractivity contribution in [2.24, 2.45) is 0 Å². The lowest BCUT2D eigenvalue weighted by atomic mass is 10.3. The monoisotopic (exact) mass is 223 g/mol. The van der Waals surface area contributed by atoms with Crippen LogP contribution in [0.2, 0.25) is 0 Å². The van der Waals surface area contributed by atoms with E-state index in [0.29, 0.717) is 11.8 Å². The molecular weight excluding hydrogens is 206 g/mol. The van der Waals surface area contributed by atoms with Crippen molar-refractivity contribution < 1.29 is 9.53 Å². The van der Waals surface area contributed by atoms with E-state index in [2.05, 4.69) is 10.4 Å². The first-order valence-corrected chi connectivity index (χ1v) is 5.68. The Labute approximate surface area is 94.8 Å². The molecule has 1 saturated carbocycles. The molecule has 16 heavy (non-hydrogen) atoms. The first-order chi connectivity index (χ1) is 7.69. The largest absolute Gasteiger partial charge is 0.478 e. The van der Waals surface area contributed by atoms with Gasteiger partial charge in [0.15, 0.2) is 11.9 Å². The molecule has 1 aromatic rings. The zero-order chi connectivity index (χ0) is 11.5. The maximum absolute atomic E-state index is 11.6. The van der Waals surface area contributed by atoms with Gasteiger partial charge in [0.1, 0.15) is 0 Å². The molecule has 1 aliphatic carbocycles. The van der Waals surface area contributed by atoms with Crippen LogP contribution in [0, 0.1) is 0 Å². The van der Waals surface area contributed by atoms with Gasteiger partial charge in [0.05, 0.1) is 12.4 Å². The van der Waals surface area contributed by atoms with E-state index in [0.717, 1.165) is 19.4 Å². The summed E-state index contributed by atoms with van der Waals surface area (Å²) in [5.41, 5.74) is 0. The second-order valence-corrected chi connectivity index (χ2v) is 4.07. The molecule has 0 aliphatic heterocycles. The Hall–Kier alpha value is -1.52. The maximum Gasteiger partial charge on any atom is 0.260 e. The fourth-order valence-corrected chi connectivity index (χ4v) is 1.38. The molecule has 0 aromatic carbocycles. The van der Waals surface area contributed by atoms with E-state index in [-0.39, 0.29) is 5.91 Å². The van der Waals surface area contributed by atoms with Crippen molar-refractivity contribution in [3.8, 4) is 5.75 Å². The van der Waals surface area contributed by atoms with Crippen molar-refractivity contribution in [1.29, 1.82) is 0 Å². The number of hydrogen-bond acceptors (Lipinski definition) is 3. The maximum atomic E-state index is 11.6. The number of amides is 1. The van der Waals surface area contributed by atoms with Gasteiger partial charge in [-0.1, -0.05) is 0 Å². The van der Waals surface area contributed by atoms with Crippen LogP contribution in [0.4, 0.5) is 0 Å². The normalized spacial score (nSPS) is 16.9. The van der Waals surface area contributed by atoms with Crippen LogP contribution in [0.1, 0.15) is 26.7 Å². The average Bonchev–Trinajstić information content (AvgIpc) is 2.96. The summed E-state index contributed by atoms with van der Waals surface area (Å²) in [5, 5.41) is 6.98. The summed E-state index contributed by atoms with van der Waals surface area (Å²) in [4.78, 5) is 11.6. The molecule has 1 heterocycles. The quantitative estimate of drug-likeness (QED) is 0.808. The Balaban J connectivity index is 1.84. The SMILES string of the molecule is CCn1cc(OC(C)C(=O)NC2CC2)cn1. The fraction of sp³-hybridized carbons (Fsp3) is 0.636. The number of aryl methyl sites for hydroxylation is 1. The number of ether oxygens (including phenoxy) is 1. The Morgan fingerprint density at radius 2 is 2.50 bits per heavy atom. The minimum Gasteiger partial charge on any atom is -0.478 e. The third-order valence-electron chi connectivity index (χ3n) is 2.54. The smallest absolute Gasteiger partial charge is 0.260 e. The van der Waals surface area contributed by atoms with Gasteiger partial charge in [-0.2, -0.15) is 5.10 Å². The predicted octanol–water partition coefficient (Wildman–Crippen LogP) is 0.949. The summed E-state index contributed by atoms with van der Waals surface area (Å²) in [7, 11) is 0. The Morgan fingerprint density at radius 1 is 1.75 bits per heavy atom. The van der Waals surface area contributed by atoms with Crippen LogP contribution in [0.5, 0.6) is 5.75 Å². The van der Waals surface area contributed by atoms with Gasteiger partial charge in [-0.05, 0) is 26.7 Å². The molecule has 1 atom stereocenters. The van der Waals surface area contributed by atoms with Gasteiger partial charge in [-0.25, -0.2) is 0 Å². The highest BCUT2D eigenvalue weighted by molar-refractivity contribution is 5.81. The van der Waals surface area contributed by atoms with Gasteiger partial charge < -0.3 is 10.1 Å². The fourth-order valence-electron chi connectivity index (χ4n) is 1.38. The number of aromatic nitrogens is 2. The molecule has 1 unspecified atom stereocenters. The summed E-state index contributed by atoms with van der Waals surface area (Å²) >= 11 is 0. The second kappa shape index (κ2) is 4.55. The lowest BCUT2D eigenvalue weighted by Crippen LogP contribution is -2.37. The third-order valence-corrected chi connectivity index (χ3v) is 2.54. The van der Waals surface area contributed by atoms with Gasteiger partial charge in [0.25, 0.3) is 5.91 Å². The third kappa shape index (κ3) is 2.74. The Bertz CT molecular complexity index is 371. The summed E-state index contributed by atoms with van der Waals surface area (Å²) < 4.78 is 7.26. The van der Waals surface area contributed by atoms with E-state index in [9.17, 15) is 4.79 Å². The summed E-state index contributed by atoms with van der Waals surface area (Å²) in [5.74, 6) is 0.590. The number of nitrogens with one attached hydrogen (secondary N) is 1. The van der Waals surface area contributed by atoms with Gasteiger partial charge in [0.2, 0.25) is 0 Å². The molecule has 1 amide bonds. The lowest BCUT2D eigenvalue weighted by Gasteiger charge is -2.12. The summed E-state index contributed by atoms with van der Waals surface area (Å²) in [6, 6.07) is 0.372. The number of carbonyl (C=O) groups excluding carboxylic acids is 1. The van der Waals surface area contributed by atoms with E-state index in [1.807, 2.05) is 6.92 Å². The van der Waals surface area contributed by atoms with Crippen molar-refractivity contribution in [1.82, 2.24) is 15.1 Å². The molecule has 88 valence electrons. The highest BCUT2D eigenvalue weighted by Crippen LogP contribution is 2.19. The Morgan fingerprint density at radius 3 is 3.06 bits per heavy atom. The molecule has 1 aliphatic rings. The van der Waals surface area contributed by atoms with Gasteiger partial charge in [-0.15, -0.1) is 0 Å². The van der Waals surface area contributed by atoms with Crippen LogP contribution in [0.15, 0.2) is 12.4 Å². The number of carbonyl (C=O) groups is 1. The number of rotatable bonds is 5. The number of nitrogens with zero attached hydrogens (tertiary/aromatic N) is 2. The molecule has 1 N–H and O–H groups in total. The zero-order valence-corrected chi connectivity index (χ0v) is 9.64. The van der Waals surface area contributed by atoms with Crippen LogP contribution in [-0.2, 0) is 11.3 Å². The molecule has 0 radical (unpaired) electrons. The van der Waals surface area contributed by atoms with E-state index < -0.39 is 6.10 Å². The predicted molar refractivity (Wildman–Crippen MR) is 59.2 cm³/mol. The Kier molecular flexibility index (Phi) is 3.12. The molecule has 1 fully saturated rings. The first kappa shape index (κ1) is 11.0. The van der Waals surface area contributed by atoms with Crippen LogP contribution in [0.3, 0.4) is 0 Å². The molecule has 2 rings (SSSR count). The summed E-state index contributed by atoms with van der Waals surface area (Å²) in [6.07, 6.45) is 5.14. The van der Waals surface area contributed by atoms with Crippen LogP contribution < -0.4 is 10.1 Å². The average molecular weight is 223 g/mol. The molecule has 0 bridgehead atoms. The van der Waals surface area contributed by atoms with E-state index in [4.69, 9.17) is 4.74 Å². The van der Waals surface area contributed by atoms with Crippen LogP contribution in [0.25, 0.3) is 0 Å². The van der Waals surface area contributed by atoms with Gasteiger partial charge in [-0.3, -0.25) is 9.48 Å². The molecule has 0 saturated heterocycles. The minimum atomic E-state index is -0.463. The zero-order valence-electron chi connectivity index (χ0n) is 9.64. The highest BCUT2D eigenvalue weighted by atomic mass is 16.5. The molecule has 5 nitrogen and oxygen atoms in total. The van der Waals surface area contributed by atoms with E-state index >= 15 is 0 Å². The van der Waals surface area contributed by atoms with Crippen LogP contribution >= 0.6 is 0 Å². The standard InChI is InChI=1S/C11H17N3O2/c1-3-14-7-10(6-12-14)16-8(2)11(15)13-9-4-5-9/h6-9H,3-5H2,1-2H3,(H,13,15).